The summed E-state index contributed by atoms with van der Waals surface area (Å²) in [6.07, 6.45) is 0.653. The molecule has 5 heteroatoms. The van der Waals surface area contributed by atoms with Crippen LogP contribution in [0.25, 0.3) is 0 Å². The van der Waals surface area contributed by atoms with Crippen molar-refractivity contribution in [2.24, 2.45) is 0 Å². The minimum absolute atomic E-state index is 0.111. The van der Waals surface area contributed by atoms with Crippen molar-refractivity contribution >= 4 is 23.9 Å². The lowest BCUT2D eigenvalue weighted by Gasteiger charge is -2.13. The molecule has 0 saturated carbocycles. The zero-order chi connectivity index (χ0) is 16.1. The normalized spacial score (nSPS) is 10.1. The quantitative estimate of drug-likeness (QED) is 0.473. The summed E-state index contributed by atoms with van der Waals surface area (Å²) in [5, 5.41) is 0.147. The summed E-state index contributed by atoms with van der Waals surface area (Å²) in [6, 6.07) is 9.89. The summed E-state index contributed by atoms with van der Waals surface area (Å²) in [5.74, 6) is -0.168. The molecule has 0 spiro atoms. The minimum Gasteiger partial charge on any atom is -0.490 e. The van der Waals surface area contributed by atoms with Gasteiger partial charge in [0.2, 0.25) is 0 Å². The maximum Gasteiger partial charge on any atom is 0.343 e. The number of carbonyl (C=O) groups is 2. The van der Waals surface area contributed by atoms with Crippen molar-refractivity contribution in [2.75, 3.05) is 6.61 Å². The van der Waals surface area contributed by atoms with Crippen molar-refractivity contribution in [3.05, 3.63) is 58.1 Å². The summed E-state index contributed by atoms with van der Waals surface area (Å²) in [4.78, 5) is 23.1. The second-order valence-electron chi connectivity index (χ2n) is 4.64. The third-order valence-electron chi connectivity index (χ3n) is 2.95. The molecule has 4 nitrogen and oxygen atoms in total. The van der Waals surface area contributed by atoms with Gasteiger partial charge in [-0.3, -0.25) is 4.79 Å². The second kappa shape index (κ2) is 7.09. The molecule has 22 heavy (non-hydrogen) atoms. The molecule has 114 valence electrons. The van der Waals surface area contributed by atoms with Gasteiger partial charge in [0.25, 0.3) is 0 Å². The highest BCUT2D eigenvalue weighted by molar-refractivity contribution is 6.32. The van der Waals surface area contributed by atoms with Gasteiger partial charge in [-0.15, -0.1) is 0 Å². The molecule has 0 aromatic heterocycles. The fourth-order valence-corrected chi connectivity index (χ4v) is 2.12. The topological polar surface area (TPSA) is 52.6 Å². The molecule has 2 rings (SSSR count). The van der Waals surface area contributed by atoms with Gasteiger partial charge in [-0.05, 0) is 38.1 Å². The van der Waals surface area contributed by atoms with Crippen LogP contribution in [0.2, 0.25) is 5.02 Å². The SMILES string of the molecule is CCOc1cc(C=O)cc(Cl)c1OC(=O)c1ccc(C)cc1. The van der Waals surface area contributed by atoms with Crippen LogP contribution in [0.5, 0.6) is 11.5 Å². The van der Waals surface area contributed by atoms with Gasteiger partial charge in [0.15, 0.2) is 11.5 Å². The molecule has 0 fully saturated rings. The molecule has 0 aliphatic heterocycles. The molecule has 0 atom stereocenters. The molecule has 0 bridgehead atoms. The average Bonchev–Trinajstić information content (AvgIpc) is 2.51. The van der Waals surface area contributed by atoms with Crippen LogP contribution in [0.3, 0.4) is 0 Å². The van der Waals surface area contributed by atoms with E-state index in [-0.39, 0.29) is 16.5 Å². The Kier molecular flexibility index (Phi) is 5.17. The number of hydrogen-bond acceptors (Lipinski definition) is 4. The fraction of sp³-hybridized carbons (Fsp3) is 0.176. The summed E-state index contributed by atoms with van der Waals surface area (Å²) < 4.78 is 10.7. The monoisotopic (exact) mass is 318 g/mol. The molecule has 0 radical (unpaired) electrons. The van der Waals surface area contributed by atoms with Gasteiger partial charge in [0, 0.05) is 5.56 Å². The third kappa shape index (κ3) is 3.65. The largest absolute Gasteiger partial charge is 0.490 e. The van der Waals surface area contributed by atoms with E-state index in [1.165, 1.54) is 12.1 Å². The van der Waals surface area contributed by atoms with Gasteiger partial charge in [0.1, 0.15) is 6.29 Å². The van der Waals surface area contributed by atoms with Crippen molar-refractivity contribution in [1.82, 2.24) is 0 Å². The lowest BCUT2D eigenvalue weighted by atomic mass is 10.1. The van der Waals surface area contributed by atoms with E-state index in [0.717, 1.165) is 5.56 Å². The van der Waals surface area contributed by atoms with Gasteiger partial charge in [-0.1, -0.05) is 29.3 Å². The van der Waals surface area contributed by atoms with Crippen molar-refractivity contribution in [3.63, 3.8) is 0 Å². The Morgan fingerprint density at radius 1 is 1.23 bits per heavy atom. The maximum atomic E-state index is 12.2. The summed E-state index contributed by atoms with van der Waals surface area (Å²) >= 11 is 6.09. The van der Waals surface area contributed by atoms with E-state index >= 15 is 0 Å². The summed E-state index contributed by atoms with van der Waals surface area (Å²) in [6.45, 7) is 4.07. The highest BCUT2D eigenvalue weighted by Crippen LogP contribution is 2.36. The molecular formula is C17H15ClO4. The first kappa shape index (κ1) is 16.0. The number of aryl methyl sites for hydroxylation is 1. The first-order valence-electron chi connectivity index (χ1n) is 6.75. The average molecular weight is 319 g/mol. The predicted molar refractivity (Wildman–Crippen MR) is 84.1 cm³/mol. The van der Waals surface area contributed by atoms with Gasteiger partial charge in [0.05, 0.1) is 17.2 Å². The first-order chi connectivity index (χ1) is 10.5. The van der Waals surface area contributed by atoms with Crippen molar-refractivity contribution in [3.8, 4) is 11.5 Å². The van der Waals surface area contributed by atoms with Gasteiger partial charge < -0.3 is 9.47 Å². The molecule has 0 amide bonds. The number of esters is 1. The van der Waals surface area contributed by atoms with Crippen LogP contribution in [0, 0.1) is 6.92 Å². The molecular weight excluding hydrogens is 304 g/mol. The smallest absolute Gasteiger partial charge is 0.343 e. The van der Waals surface area contributed by atoms with E-state index in [1.54, 1.807) is 19.1 Å². The zero-order valence-corrected chi connectivity index (χ0v) is 13.0. The van der Waals surface area contributed by atoms with Crippen molar-refractivity contribution in [1.29, 1.82) is 0 Å². The van der Waals surface area contributed by atoms with Crippen LogP contribution < -0.4 is 9.47 Å². The maximum absolute atomic E-state index is 12.2. The van der Waals surface area contributed by atoms with Crippen molar-refractivity contribution < 1.29 is 19.1 Å². The van der Waals surface area contributed by atoms with Crippen LogP contribution >= 0.6 is 11.6 Å². The van der Waals surface area contributed by atoms with Gasteiger partial charge in [-0.25, -0.2) is 4.79 Å². The Labute approximate surface area is 133 Å². The van der Waals surface area contributed by atoms with E-state index in [1.807, 2.05) is 19.1 Å². The summed E-state index contributed by atoms with van der Waals surface area (Å²) in [5.41, 5.74) is 1.80. The minimum atomic E-state index is -0.540. The Morgan fingerprint density at radius 3 is 2.50 bits per heavy atom. The van der Waals surface area contributed by atoms with Crippen molar-refractivity contribution in [2.45, 2.75) is 13.8 Å². The van der Waals surface area contributed by atoms with E-state index in [2.05, 4.69) is 0 Å². The van der Waals surface area contributed by atoms with Crippen LogP contribution in [0.4, 0.5) is 0 Å². The van der Waals surface area contributed by atoms with Gasteiger partial charge in [-0.2, -0.15) is 0 Å². The molecule has 0 aliphatic carbocycles. The van der Waals surface area contributed by atoms with Crippen LogP contribution in [0.1, 0.15) is 33.2 Å². The lowest BCUT2D eigenvalue weighted by molar-refractivity contribution is 0.0728. The van der Waals surface area contributed by atoms with E-state index in [9.17, 15) is 9.59 Å². The molecule has 0 heterocycles. The molecule has 2 aromatic carbocycles. The number of rotatable bonds is 5. The highest BCUT2D eigenvalue weighted by Gasteiger charge is 2.17. The van der Waals surface area contributed by atoms with E-state index in [0.29, 0.717) is 24.0 Å². The third-order valence-corrected chi connectivity index (χ3v) is 3.23. The standard InChI is InChI=1S/C17H15ClO4/c1-3-21-15-9-12(10-19)8-14(18)16(15)22-17(20)13-6-4-11(2)5-7-13/h4-10H,3H2,1-2H3. The lowest BCUT2D eigenvalue weighted by Crippen LogP contribution is -2.10. The zero-order valence-electron chi connectivity index (χ0n) is 12.3. The van der Waals surface area contributed by atoms with E-state index in [4.69, 9.17) is 21.1 Å². The molecule has 0 aliphatic rings. The molecule has 0 saturated heterocycles. The Bertz CT molecular complexity index is 693. The van der Waals surface area contributed by atoms with Crippen LogP contribution in [-0.2, 0) is 0 Å². The molecule has 2 aromatic rings. The highest BCUT2D eigenvalue weighted by atomic mass is 35.5. The number of ether oxygens (including phenoxy) is 2. The van der Waals surface area contributed by atoms with Crippen LogP contribution in [-0.4, -0.2) is 18.9 Å². The van der Waals surface area contributed by atoms with Crippen LogP contribution in [0.15, 0.2) is 36.4 Å². The Balaban J connectivity index is 2.33. The second-order valence-corrected chi connectivity index (χ2v) is 5.04. The van der Waals surface area contributed by atoms with E-state index < -0.39 is 5.97 Å². The molecule has 0 N–H and O–H groups in total. The number of halogens is 1. The summed E-state index contributed by atoms with van der Waals surface area (Å²) in [7, 11) is 0. The number of carbonyl (C=O) groups excluding carboxylic acids is 2. The van der Waals surface area contributed by atoms with Gasteiger partial charge >= 0.3 is 5.97 Å². The fourth-order valence-electron chi connectivity index (χ4n) is 1.86. The molecule has 0 unspecified atom stereocenters. The predicted octanol–water partition coefficient (Wildman–Crippen LogP) is 4.08. The number of benzene rings is 2. The Hall–Kier alpha value is -2.33. The first-order valence-corrected chi connectivity index (χ1v) is 7.13. The Morgan fingerprint density at radius 2 is 1.91 bits per heavy atom. The number of hydrogen-bond donors (Lipinski definition) is 0. The number of aldehydes is 1.